The summed E-state index contributed by atoms with van der Waals surface area (Å²) in [6.45, 7) is 6.91. The molecule has 3 atom stereocenters. The largest absolute Gasteiger partial charge is 0.346 e. The number of rotatable bonds is 5. The fourth-order valence-corrected chi connectivity index (χ4v) is 3.96. The van der Waals surface area contributed by atoms with Crippen molar-refractivity contribution in [2.24, 2.45) is 17.6 Å². The van der Waals surface area contributed by atoms with E-state index in [4.69, 9.17) is 10.7 Å². The molecule has 26 heavy (non-hydrogen) atoms. The van der Waals surface area contributed by atoms with Gasteiger partial charge in [0.1, 0.15) is 5.82 Å². The summed E-state index contributed by atoms with van der Waals surface area (Å²) in [6, 6.07) is 8.30. The van der Waals surface area contributed by atoms with Gasteiger partial charge in [-0.2, -0.15) is 0 Å². The Kier molecular flexibility index (Phi) is 8.38. The lowest BCUT2D eigenvalue weighted by Gasteiger charge is -2.22. The standard InChI is InChI=1S/C19H28N4O.2ClH/c1-12(2)23-17-10-5-4-9-16(17)22-18(23)13(3)21-19(24)15-8-6-7-14(15)11-20;;/h4-5,9-10,12-15H,6-8,11,20H2,1-3H3,(H,21,24);2*1H/t13?,14-,15-;;/m1../s1. The van der Waals surface area contributed by atoms with Gasteiger partial charge in [0, 0.05) is 12.0 Å². The second-order valence-electron chi connectivity index (χ2n) is 7.19. The van der Waals surface area contributed by atoms with Gasteiger partial charge in [0.25, 0.3) is 0 Å². The summed E-state index contributed by atoms with van der Waals surface area (Å²) in [7, 11) is 0. The van der Waals surface area contributed by atoms with Crippen molar-refractivity contribution in [2.45, 2.75) is 52.1 Å². The number of aromatic nitrogens is 2. The molecule has 1 aromatic carbocycles. The third kappa shape index (κ3) is 4.33. The monoisotopic (exact) mass is 400 g/mol. The normalized spacial score (nSPS) is 20.5. The molecule has 146 valence electrons. The second kappa shape index (κ2) is 9.58. The van der Waals surface area contributed by atoms with E-state index in [0.717, 1.165) is 36.1 Å². The maximum Gasteiger partial charge on any atom is 0.224 e. The molecular weight excluding hydrogens is 371 g/mol. The summed E-state index contributed by atoms with van der Waals surface area (Å²) in [5, 5.41) is 3.18. The van der Waals surface area contributed by atoms with E-state index in [1.165, 1.54) is 0 Å². The van der Waals surface area contributed by atoms with Gasteiger partial charge in [-0.1, -0.05) is 18.6 Å². The van der Waals surface area contributed by atoms with Gasteiger partial charge in [0.15, 0.2) is 0 Å². The molecule has 3 N–H and O–H groups in total. The van der Waals surface area contributed by atoms with Gasteiger partial charge in [-0.25, -0.2) is 4.98 Å². The van der Waals surface area contributed by atoms with E-state index in [2.05, 4.69) is 29.8 Å². The van der Waals surface area contributed by atoms with Gasteiger partial charge in [-0.3, -0.25) is 4.79 Å². The van der Waals surface area contributed by atoms with E-state index in [9.17, 15) is 4.79 Å². The Morgan fingerprint density at radius 3 is 2.62 bits per heavy atom. The molecule has 0 saturated heterocycles. The minimum Gasteiger partial charge on any atom is -0.346 e. The highest BCUT2D eigenvalue weighted by Gasteiger charge is 2.33. The number of hydrogen-bond donors (Lipinski definition) is 2. The Bertz CT molecular complexity index is 731. The first-order valence-corrected chi connectivity index (χ1v) is 9.00. The Morgan fingerprint density at radius 1 is 1.27 bits per heavy atom. The minimum absolute atomic E-state index is 0. The Labute approximate surface area is 167 Å². The number of carbonyl (C=O) groups excluding carboxylic acids is 1. The van der Waals surface area contributed by atoms with Crippen molar-refractivity contribution in [3.8, 4) is 0 Å². The lowest BCUT2D eigenvalue weighted by molar-refractivity contribution is -0.126. The van der Waals surface area contributed by atoms with Crippen molar-refractivity contribution >= 4 is 41.8 Å². The van der Waals surface area contributed by atoms with Crippen LogP contribution in [-0.4, -0.2) is 22.0 Å². The number of halogens is 2. The average molecular weight is 401 g/mol. The first-order valence-electron chi connectivity index (χ1n) is 9.00. The van der Waals surface area contributed by atoms with E-state index in [0.29, 0.717) is 12.5 Å². The minimum atomic E-state index is -0.119. The van der Waals surface area contributed by atoms with Crippen LogP contribution >= 0.6 is 24.8 Å². The van der Waals surface area contributed by atoms with Crippen molar-refractivity contribution in [2.75, 3.05) is 6.54 Å². The van der Waals surface area contributed by atoms with E-state index in [1.807, 2.05) is 25.1 Å². The molecule has 1 aromatic heterocycles. The van der Waals surface area contributed by atoms with Crippen LogP contribution in [-0.2, 0) is 4.79 Å². The summed E-state index contributed by atoms with van der Waals surface area (Å²) in [5.41, 5.74) is 7.91. The molecule has 1 saturated carbocycles. The zero-order valence-electron chi connectivity index (χ0n) is 15.6. The van der Waals surface area contributed by atoms with E-state index < -0.39 is 0 Å². The molecule has 1 unspecified atom stereocenters. The first-order chi connectivity index (χ1) is 11.5. The number of fused-ring (bicyclic) bond motifs is 1. The van der Waals surface area contributed by atoms with Gasteiger partial charge in [-0.15, -0.1) is 24.8 Å². The molecule has 0 radical (unpaired) electrons. The quantitative estimate of drug-likeness (QED) is 0.795. The highest BCUT2D eigenvalue weighted by Crippen LogP contribution is 2.32. The number of nitrogens with zero attached hydrogens (tertiary/aromatic N) is 2. The Morgan fingerprint density at radius 2 is 1.96 bits per heavy atom. The average Bonchev–Trinajstić information content (AvgIpc) is 3.18. The summed E-state index contributed by atoms with van der Waals surface area (Å²) in [5.74, 6) is 1.41. The number of carbonyl (C=O) groups is 1. The maximum atomic E-state index is 12.7. The summed E-state index contributed by atoms with van der Waals surface area (Å²) < 4.78 is 2.22. The summed E-state index contributed by atoms with van der Waals surface area (Å²) >= 11 is 0. The number of nitrogens with one attached hydrogen (secondary N) is 1. The Hall–Kier alpha value is -1.30. The van der Waals surface area contributed by atoms with Crippen molar-refractivity contribution in [3.05, 3.63) is 30.1 Å². The molecule has 0 spiro atoms. The van der Waals surface area contributed by atoms with Gasteiger partial charge >= 0.3 is 0 Å². The lowest BCUT2D eigenvalue weighted by Crippen LogP contribution is -2.37. The fraction of sp³-hybridized carbons (Fsp3) is 0.579. The van der Waals surface area contributed by atoms with Crippen molar-refractivity contribution in [1.29, 1.82) is 0 Å². The molecule has 5 nitrogen and oxygen atoms in total. The SMILES string of the molecule is CC(NC(=O)[C@@H]1CCC[C@@H]1CN)c1nc2ccccc2n1C(C)C.Cl.Cl. The molecule has 1 fully saturated rings. The second-order valence-corrected chi connectivity index (χ2v) is 7.19. The van der Waals surface area contributed by atoms with E-state index in [1.54, 1.807) is 0 Å². The third-order valence-electron chi connectivity index (χ3n) is 5.18. The molecule has 1 aliphatic rings. The molecule has 3 rings (SSSR count). The lowest BCUT2D eigenvalue weighted by atomic mass is 9.95. The van der Waals surface area contributed by atoms with Crippen LogP contribution in [0.15, 0.2) is 24.3 Å². The molecule has 0 aliphatic heterocycles. The number of imidazole rings is 1. The highest BCUT2D eigenvalue weighted by atomic mass is 35.5. The van der Waals surface area contributed by atoms with E-state index in [-0.39, 0.29) is 48.7 Å². The first kappa shape index (κ1) is 22.7. The predicted molar refractivity (Wildman–Crippen MR) is 111 cm³/mol. The molecule has 1 heterocycles. The zero-order chi connectivity index (χ0) is 17.3. The van der Waals surface area contributed by atoms with Crippen LogP contribution in [0.4, 0.5) is 0 Å². The summed E-state index contributed by atoms with van der Waals surface area (Å²) in [6.07, 6.45) is 3.10. The fourth-order valence-electron chi connectivity index (χ4n) is 3.96. The maximum absolute atomic E-state index is 12.7. The van der Waals surface area contributed by atoms with Crippen LogP contribution in [0.25, 0.3) is 11.0 Å². The van der Waals surface area contributed by atoms with Crippen molar-refractivity contribution < 1.29 is 4.79 Å². The van der Waals surface area contributed by atoms with Gasteiger partial charge < -0.3 is 15.6 Å². The Balaban J connectivity index is 0.00000169. The van der Waals surface area contributed by atoms with Crippen LogP contribution in [0, 0.1) is 11.8 Å². The van der Waals surface area contributed by atoms with Gasteiger partial charge in [-0.05, 0) is 58.2 Å². The number of para-hydroxylation sites is 2. The third-order valence-corrected chi connectivity index (χ3v) is 5.18. The highest BCUT2D eigenvalue weighted by molar-refractivity contribution is 5.85. The predicted octanol–water partition coefficient (Wildman–Crippen LogP) is 4.01. The molecule has 0 bridgehead atoms. The molecular formula is C19H30Cl2N4O. The van der Waals surface area contributed by atoms with Crippen LogP contribution in [0.5, 0.6) is 0 Å². The summed E-state index contributed by atoms with van der Waals surface area (Å²) in [4.78, 5) is 17.5. The molecule has 1 aliphatic carbocycles. The smallest absolute Gasteiger partial charge is 0.224 e. The van der Waals surface area contributed by atoms with Crippen molar-refractivity contribution in [3.63, 3.8) is 0 Å². The van der Waals surface area contributed by atoms with Crippen LogP contribution in [0.1, 0.15) is 57.9 Å². The molecule has 1 amide bonds. The van der Waals surface area contributed by atoms with Crippen LogP contribution < -0.4 is 11.1 Å². The van der Waals surface area contributed by atoms with Crippen LogP contribution in [0.2, 0.25) is 0 Å². The van der Waals surface area contributed by atoms with Crippen molar-refractivity contribution in [1.82, 2.24) is 14.9 Å². The molecule has 2 aromatic rings. The topological polar surface area (TPSA) is 72.9 Å². The number of amides is 1. The number of nitrogens with two attached hydrogens (primary N) is 1. The van der Waals surface area contributed by atoms with E-state index >= 15 is 0 Å². The van der Waals surface area contributed by atoms with Gasteiger partial charge in [0.2, 0.25) is 5.91 Å². The number of hydrogen-bond acceptors (Lipinski definition) is 3. The zero-order valence-corrected chi connectivity index (χ0v) is 17.3. The molecule has 7 heteroatoms. The number of benzene rings is 1. The van der Waals surface area contributed by atoms with Crippen LogP contribution in [0.3, 0.4) is 0 Å². The van der Waals surface area contributed by atoms with Gasteiger partial charge in [0.05, 0.1) is 17.1 Å².